The fraction of sp³-hybridized carbons (Fsp3) is 0.500. The number of benzene rings is 1. The predicted molar refractivity (Wildman–Crippen MR) is 99.8 cm³/mol. The van der Waals surface area contributed by atoms with E-state index in [0.717, 1.165) is 29.9 Å². The summed E-state index contributed by atoms with van der Waals surface area (Å²) in [5.41, 5.74) is 5.83. The van der Waals surface area contributed by atoms with E-state index in [1.165, 1.54) is 11.1 Å². The van der Waals surface area contributed by atoms with Crippen molar-refractivity contribution in [2.24, 2.45) is 0 Å². The van der Waals surface area contributed by atoms with E-state index in [1.54, 1.807) is 0 Å². The number of carbonyl (C=O) groups excluding carboxylic acids is 1. The number of esters is 1. The smallest absolute Gasteiger partial charge is 0.307 e. The SMILES string of the molecule is CCOC(=O)CC1COCCN1Cc1cn[nH]c1-c1ccc(C)c(C)c1. The van der Waals surface area contributed by atoms with Crippen LogP contribution in [0.15, 0.2) is 24.4 Å². The van der Waals surface area contributed by atoms with Crippen LogP contribution in [0.2, 0.25) is 0 Å². The summed E-state index contributed by atoms with van der Waals surface area (Å²) in [6.07, 6.45) is 2.23. The van der Waals surface area contributed by atoms with Crippen LogP contribution in [0.4, 0.5) is 0 Å². The van der Waals surface area contributed by atoms with Crippen molar-refractivity contribution in [3.05, 3.63) is 41.1 Å². The quantitative estimate of drug-likeness (QED) is 0.805. The number of morpholine rings is 1. The van der Waals surface area contributed by atoms with Crippen molar-refractivity contribution in [3.63, 3.8) is 0 Å². The third-order valence-electron chi connectivity index (χ3n) is 4.94. The Labute approximate surface area is 154 Å². The summed E-state index contributed by atoms with van der Waals surface area (Å²) in [5.74, 6) is -0.172. The summed E-state index contributed by atoms with van der Waals surface area (Å²) in [7, 11) is 0. The van der Waals surface area contributed by atoms with Gasteiger partial charge in [0.15, 0.2) is 0 Å². The number of carbonyl (C=O) groups is 1. The predicted octanol–water partition coefficient (Wildman–Crippen LogP) is 2.85. The van der Waals surface area contributed by atoms with Gasteiger partial charge >= 0.3 is 5.97 Å². The van der Waals surface area contributed by atoms with E-state index >= 15 is 0 Å². The Bertz CT molecular complexity index is 757. The van der Waals surface area contributed by atoms with Gasteiger partial charge in [-0.2, -0.15) is 5.10 Å². The molecule has 26 heavy (non-hydrogen) atoms. The largest absolute Gasteiger partial charge is 0.466 e. The minimum Gasteiger partial charge on any atom is -0.466 e. The van der Waals surface area contributed by atoms with E-state index in [2.05, 4.69) is 47.1 Å². The maximum absolute atomic E-state index is 11.9. The van der Waals surface area contributed by atoms with Gasteiger partial charge in [0, 0.05) is 30.3 Å². The van der Waals surface area contributed by atoms with Gasteiger partial charge in [0.2, 0.25) is 0 Å². The highest BCUT2D eigenvalue weighted by molar-refractivity contribution is 5.70. The minimum absolute atomic E-state index is 0.0327. The molecule has 0 aliphatic carbocycles. The monoisotopic (exact) mass is 357 g/mol. The van der Waals surface area contributed by atoms with E-state index in [0.29, 0.717) is 26.2 Å². The van der Waals surface area contributed by atoms with E-state index in [-0.39, 0.29) is 12.0 Å². The molecular weight excluding hydrogens is 330 g/mol. The number of aromatic nitrogens is 2. The van der Waals surface area contributed by atoms with Crippen LogP contribution in [0.25, 0.3) is 11.3 Å². The molecule has 1 atom stereocenters. The standard InChI is InChI=1S/C20H27N3O3/c1-4-26-19(24)10-18-13-25-8-7-23(18)12-17-11-21-22-20(17)16-6-5-14(2)15(3)9-16/h5-6,9,11,18H,4,7-8,10,12-13H2,1-3H3,(H,21,22). The highest BCUT2D eigenvalue weighted by Gasteiger charge is 2.27. The topological polar surface area (TPSA) is 67.5 Å². The number of hydrogen-bond donors (Lipinski definition) is 1. The van der Waals surface area contributed by atoms with Crippen molar-refractivity contribution >= 4 is 5.97 Å². The molecule has 1 aromatic heterocycles. The van der Waals surface area contributed by atoms with E-state index in [4.69, 9.17) is 9.47 Å². The van der Waals surface area contributed by atoms with Crippen molar-refractivity contribution in [3.8, 4) is 11.3 Å². The lowest BCUT2D eigenvalue weighted by atomic mass is 10.0. The molecule has 1 aromatic carbocycles. The molecule has 0 bridgehead atoms. The van der Waals surface area contributed by atoms with Crippen LogP contribution in [0.3, 0.4) is 0 Å². The number of nitrogens with one attached hydrogen (secondary N) is 1. The molecule has 140 valence electrons. The lowest BCUT2D eigenvalue weighted by molar-refractivity contribution is -0.146. The van der Waals surface area contributed by atoms with Crippen LogP contribution in [-0.4, -0.2) is 53.5 Å². The molecule has 1 saturated heterocycles. The maximum Gasteiger partial charge on any atom is 0.307 e. The number of ether oxygens (including phenoxy) is 2. The summed E-state index contributed by atoms with van der Waals surface area (Å²) in [5, 5.41) is 7.39. The number of rotatable bonds is 6. The van der Waals surface area contributed by atoms with Crippen molar-refractivity contribution in [1.82, 2.24) is 15.1 Å². The Kier molecular flexibility index (Phi) is 6.06. The third kappa shape index (κ3) is 4.31. The van der Waals surface area contributed by atoms with Gasteiger partial charge in [-0.25, -0.2) is 0 Å². The summed E-state index contributed by atoms with van der Waals surface area (Å²) >= 11 is 0. The second kappa shape index (κ2) is 8.47. The third-order valence-corrected chi connectivity index (χ3v) is 4.94. The molecule has 0 radical (unpaired) electrons. The molecule has 1 N–H and O–H groups in total. The van der Waals surface area contributed by atoms with Gasteiger partial charge in [-0.15, -0.1) is 0 Å². The summed E-state index contributed by atoms with van der Waals surface area (Å²) in [4.78, 5) is 14.2. The maximum atomic E-state index is 11.9. The Balaban J connectivity index is 1.76. The Hall–Kier alpha value is -2.18. The first-order valence-electron chi connectivity index (χ1n) is 9.15. The molecule has 2 aromatic rings. The lowest BCUT2D eigenvalue weighted by Gasteiger charge is -2.35. The molecule has 3 rings (SSSR count). The van der Waals surface area contributed by atoms with Gasteiger partial charge in [-0.3, -0.25) is 14.8 Å². The number of H-pyrrole nitrogens is 1. The normalized spacial score (nSPS) is 18.0. The molecule has 1 unspecified atom stereocenters. The van der Waals surface area contributed by atoms with Gasteiger partial charge in [0.25, 0.3) is 0 Å². The van der Waals surface area contributed by atoms with Crippen LogP contribution < -0.4 is 0 Å². The summed E-state index contributed by atoms with van der Waals surface area (Å²) in [6.45, 7) is 9.21. The number of nitrogens with zero attached hydrogens (tertiary/aromatic N) is 2. The molecule has 0 amide bonds. The fourth-order valence-corrected chi connectivity index (χ4v) is 3.29. The van der Waals surface area contributed by atoms with Gasteiger partial charge in [0.05, 0.1) is 38.1 Å². The molecular formula is C20H27N3O3. The summed E-state index contributed by atoms with van der Waals surface area (Å²) < 4.78 is 10.7. The lowest BCUT2D eigenvalue weighted by Crippen LogP contribution is -2.46. The first kappa shape index (κ1) is 18.6. The van der Waals surface area contributed by atoms with E-state index in [1.807, 2.05) is 13.1 Å². The zero-order valence-corrected chi connectivity index (χ0v) is 15.7. The van der Waals surface area contributed by atoms with Crippen molar-refractivity contribution in [2.45, 2.75) is 39.8 Å². The molecule has 0 saturated carbocycles. The average molecular weight is 357 g/mol. The van der Waals surface area contributed by atoms with Crippen LogP contribution in [0.1, 0.15) is 30.0 Å². The van der Waals surface area contributed by atoms with Crippen LogP contribution in [-0.2, 0) is 20.8 Å². The molecule has 1 aliphatic heterocycles. The fourth-order valence-electron chi connectivity index (χ4n) is 3.29. The van der Waals surface area contributed by atoms with Crippen LogP contribution in [0, 0.1) is 13.8 Å². The molecule has 1 aliphatic rings. The Morgan fingerprint density at radius 1 is 1.38 bits per heavy atom. The zero-order valence-electron chi connectivity index (χ0n) is 15.7. The Morgan fingerprint density at radius 3 is 3.00 bits per heavy atom. The van der Waals surface area contributed by atoms with Crippen molar-refractivity contribution in [1.29, 1.82) is 0 Å². The molecule has 1 fully saturated rings. The molecule has 0 spiro atoms. The first-order valence-corrected chi connectivity index (χ1v) is 9.15. The van der Waals surface area contributed by atoms with E-state index in [9.17, 15) is 4.79 Å². The van der Waals surface area contributed by atoms with E-state index < -0.39 is 0 Å². The second-order valence-electron chi connectivity index (χ2n) is 6.78. The summed E-state index contributed by atoms with van der Waals surface area (Å²) in [6, 6.07) is 6.47. The zero-order chi connectivity index (χ0) is 18.5. The molecule has 6 heteroatoms. The van der Waals surface area contributed by atoms with Gasteiger partial charge < -0.3 is 9.47 Å². The number of aryl methyl sites for hydroxylation is 2. The van der Waals surface area contributed by atoms with Gasteiger partial charge in [0.1, 0.15) is 0 Å². The van der Waals surface area contributed by atoms with Crippen molar-refractivity contribution < 1.29 is 14.3 Å². The van der Waals surface area contributed by atoms with Gasteiger partial charge in [-0.05, 0) is 38.0 Å². The first-order chi connectivity index (χ1) is 12.6. The molecule has 6 nitrogen and oxygen atoms in total. The number of aromatic amines is 1. The second-order valence-corrected chi connectivity index (χ2v) is 6.78. The highest BCUT2D eigenvalue weighted by atomic mass is 16.5. The van der Waals surface area contributed by atoms with Crippen LogP contribution >= 0.6 is 0 Å². The van der Waals surface area contributed by atoms with Crippen LogP contribution in [0.5, 0.6) is 0 Å². The van der Waals surface area contributed by atoms with Crippen molar-refractivity contribution in [2.75, 3.05) is 26.4 Å². The highest BCUT2D eigenvalue weighted by Crippen LogP contribution is 2.26. The Morgan fingerprint density at radius 2 is 2.23 bits per heavy atom. The van der Waals surface area contributed by atoms with Gasteiger partial charge in [-0.1, -0.05) is 12.1 Å². The number of hydrogen-bond acceptors (Lipinski definition) is 5. The minimum atomic E-state index is -0.172. The molecule has 2 heterocycles. The average Bonchev–Trinajstić information content (AvgIpc) is 3.07.